The minimum absolute atomic E-state index is 0.194. The fourth-order valence-corrected chi connectivity index (χ4v) is 4.59. The van der Waals surface area contributed by atoms with Gasteiger partial charge in [0, 0.05) is 60.8 Å². The van der Waals surface area contributed by atoms with Crippen LogP contribution < -0.4 is 4.90 Å². The molecule has 6 nitrogen and oxygen atoms in total. The maximum absolute atomic E-state index is 13.2. The summed E-state index contributed by atoms with van der Waals surface area (Å²) < 4.78 is 1.86. The number of rotatable bonds is 7. The van der Waals surface area contributed by atoms with E-state index in [4.69, 9.17) is 16.6 Å². The van der Waals surface area contributed by atoms with Gasteiger partial charge in [0.15, 0.2) is 0 Å². The van der Waals surface area contributed by atoms with Crippen molar-refractivity contribution >= 4 is 34.2 Å². The Kier molecular flexibility index (Phi) is 5.57. The van der Waals surface area contributed by atoms with Crippen molar-refractivity contribution in [2.75, 3.05) is 18.0 Å². The summed E-state index contributed by atoms with van der Waals surface area (Å²) in [5.41, 5.74) is 3.02. The predicted molar refractivity (Wildman–Crippen MR) is 123 cm³/mol. The molecule has 2 aromatic heterocycles. The quantitative estimate of drug-likeness (QED) is 0.543. The van der Waals surface area contributed by atoms with Crippen molar-refractivity contribution in [3.05, 3.63) is 52.8 Å². The Bertz CT molecular complexity index is 1100. The summed E-state index contributed by atoms with van der Waals surface area (Å²) in [4.78, 5) is 22.6. The van der Waals surface area contributed by atoms with Crippen LogP contribution in [0.4, 0.5) is 5.82 Å². The Balaban J connectivity index is 1.41. The van der Waals surface area contributed by atoms with Crippen molar-refractivity contribution in [2.45, 2.75) is 58.2 Å². The molecule has 2 fully saturated rings. The van der Waals surface area contributed by atoms with E-state index in [1.54, 1.807) is 0 Å². The lowest BCUT2D eigenvalue weighted by atomic mass is 10.1. The normalized spacial score (nSPS) is 16.3. The van der Waals surface area contributed by atoms with Gasteiger partial charge in [-0.15, -0.1) is 0 Å². The Hall–Kier alpha value is -2.60. The summed E-state index contributed by atoms with van der Waals surface area (Å²) in [5.74, 6) is 1.20. The van der Waals surface area contributed by atoms with E-state index in [0.29, 0.717) is 30.6 Å². The molecule has 3 aromatic rings. The topological polar surface area (TPSA) is 54.3 Å². The van der Waals surface area contributed by atoms with E-state index in [1.165, 1.54) is 12.8 Å². The molecule has 162 valence electrons. The van der Waals surface area contributed by atoms with Crippen LogP contribution in [0.2, 0.25) is 5.02 Å². The zero-order valence-corrected chi connectivity index (χ0v) is 18.7. The number of halogens is 1. The van der Waals surface area contributed by atoms with E-state index in [0.717, 1.165) is 53.9 Å². The third-order valence-electron chi connectivity index (χ3n) is 6.22. The van der Waals surface area contributed by atoms with Crippen LogP contribution in [0.5, 0.6) is 0 Å². The van der Waals surface area contributed by atoms with Crippen LogP contribution in [0.25, 0.3) is 10.9 Å². The zero-order valence-electron chi connectivity index (χ0n) is 17.9. The van der Waals surface area contributed by atoms with Crippen LogP contribution in [0.15, 0.2) is 36.5 Å². The number of pyridine rings is 1. The molecule has 3 heterocycles. The third kappa shape index (κ3) is 4.54. The van der Waals surface area contributed by atoms with Crippen molar-refractivity contribution in [2.24, 2.45) is 0 Å². The number of aryl methyl sites for hydroxylation is 2. The number of hydrogen-bond acceptors (Lipinski definition) is 4. The van der Waals surface area contributed by atoms with Crippen LogP contribution in [-0.2, 0) is 17.9 Å². The number of amides is 1. The molecular formula is C24H28ClN5O. The lowest BCUT2D eigenvalue weighted by molar-refractivity contribution is -0.132. The largest absolute Gasteiger partial charge is 0.356 e. The number of hydrogen-bond donors (Lipinski definition) is 0. The number of anilines is 1. The zero-order chi connectivity index (χ0) is 21.4. The van der Waals surface area contributed by atoms with Gasteiger partial charge in [0.05, 0.1) is 11.2 Å². The molecule has 0 N–H and O–H groups in total. The highest BCUT2D eigenvalue weighted by Crippen LogP contribution is 2.33. The van der Waals surface area contributed by atoms with Crippen molar-refractivity contribution in [1.29, 1.82) is 0 Å². The number of benzene rings is 1. The first-order chi connectivity index (χ1) is 15.1. The summed E-state index contributed by atoms with van der Waals surface area (Å²) in [6.07, 6.45) is 6.94. The minimum Gasteiger partial charge on any atom is -0.356 e. The Morgan fingerprint density at radius 3 is 2.71 bits per heavy atom. The van der Waals surface area contributed by atoms with Gasteiger partial charge in [0.2, 0.25) is 5.91 Å². The van der Waals surface area contributed by atoms with Crippen LogP contribution in [-0.4, -0.2) is 44.7 Å². The van der Waals surface area contributed by atoms with Crippen molar-refractivity contribution in [3.8, 4) is 0 Å². The minimum atomic E-state index is 0.194. The summed E-state index contributed by atoms with van der Waals surface area (Å²) in [7, 11) is 0. The second-order valence-corrected chi connectivity index (χ2v) is 9.16. The predicted octanol–water partition coefficient (Wildman–Crippen LogP) is 4.57. The molecule has 7 heteroatoms. The molecular weight excluding hydrogens is 410 g/mol. The molecule has 1 saturated heterocycles. The van der Waals surface area contributed by atoms with Gasteiger partial charge in [-0.3, -0.25) is 9.48 Å². The molecule has 1 amide bonds. The lowest BCUT2D eigenvalue weighted by Gasteiger charge is -2.27. The molecule has 0 spiro atoms. The number of fused-ring (bicyclic) bond motifs is 1. The molecule has 1 aliphatic heterocycles. The van der Waals surface area contributed by atoms with E-state index < -0.39 is 0 Å². The monoisotopic (exact) mass is 437 g/mol. The Morgan fingerprint density at radius 1 is 1.19 bits per heavy atom. The van der Waals surface area contributed by atoms with Gasteiger partial charge in [0.1, 0.15) is 5.82 Å². The Labute approximate surface area is 187 Å². The standard InChI is InChI=1S/C24H28ClN5O/c1-17-8-12-29(27-17)13-9-23(31)30(21-6-7-21)16-19-14-18-4-5-20(25)15-22(18)26-24(19)28-10-2-3-11-28/h4-5,8,12,14-15,21H,2-3,6-7,9-11,13,16H2,1H3. The number of carbonyl (C=O) groups excluding carboxylic acids is 1. The lowest BCUT2D eigenvalue weighted by Crippen LogP contribution is -2.34. The molecule has 0 atom stereocenters. The summed E-state index contributed by atoms with van der Waals surface area (Å²) in [6, 6.07) is 10.4. The fourth-order valence-electron chi connectivity index (χ4n) is 4.43. The van der Waals surface area contributed by atoms with Crippen molar-refractivity contribution in [3.63, 3.8) is 0 Å². The molecule has 0 unspecified atom stereocenters. The molecule has 1 aliphatic carbocycles. The third-order valence-corrected chi connectivity index (χ3v) is 6.45. The first-order valence-electron chi connectivity index (χ1n) is 11.2. The van der Waals surface area contributed by atoms with Gasteiger partial charge in [-0.25, -0.2) is 4.98 Å². The molecule has 1 aromatic carbocycles. The number of carbonyl (C=O) groups is 1. The molecule has 0 bridgehead atoms. The maximum Gasteiger partial charge on any atom is 0.224 e. The number of aromatic nitrogens is 3. The van der Waals surface area contributed by atoms with Gasteiger partial charge in [-0.2, -0.15) is 5.10 Å². The average molecular weight is 438 g/mol. The van der Waals surface area contributed by atoms with Crippen LogP contribution in [0.1, 0.15) is 43.4 Å². The van der Waals surface area contributed by atoms with E-state index in [2.05, 4.69) is 21.0 Å². The molecule has 2 aliphatic rings. The van der Waals surface area contributed by atoms with Crippen LogP contribution in [0.3, 0.4) is 0 Å². The highest BCUT2D eigenvalue weighted by molar-refractivity contribution is 6.31. The van der Waals surface area contributed by atoms with E-state index in [9.17, 15) is 4.79 Å². The highest BCUT2D eigenvalue weighted by Gasteiger charge is 2.33. The second-order valence-electron chi connectivity index (χ2n) is 8.73. The van der Waals surface area contributed by atoms with Gasteiger partial charge >= 0.3 is 0 Å². The molecule has 0 radical (unpaired) electrons. The van der Waals surface area contributed by atoms with E-state index in [-0.39, 0.29) is 5.91 Å². The van der Waals surface area contributed by atoms with Crippen LogP contribution >= 0.6 is 11.6 Å². The summed E-state index contributed by atoms with van der Waals surface area (Å²) in [6.45, 7) is 5.22. The van der Waals surface area contributed by atoms with Crippen molar-refractivity contribution in [1.82, 2.24) is 19.7 Å². The first-order valence-corrected chi connectivity index (χ1v) is 11.6. The van der Waals surface area contributed by atoms with Gasteiger partial charge in [-0.05, 0) is 56.9 Å². The van der Waals surface area contributed by atoms with E-state index in [1.807, 2.05) is 42.1 Å². The molecule has 5 rings (SSSR count). The first kappa shape index (κ1) is 20.3. The highest BCUT2D eigenvalue weighted by atomic mass is 35.5. The van der Waals surface area contributed by atoms with Gasteiger partial charge in [-0.1, -0.05) is 17.7 Å². The van der Waals surface area contributed by atoms with Gasteiger partial charge < -0.3 is 9.80 Å². The average Bonchev–Trinajstić information content (AvgIpc) is 3.27. The molecule has 31 heavy (non-hydrogen) atoms. The SMILES string of the molecule is Cc1ccn(CCC(=O)N(Cc2cc3ccc(Cl)cc3nc2N2CCCC2)C2CC2)n1. The maximum atomic E-state index is 13.2. The second kappa shape index (κ2) is 8.50. The van der Waals surface area contributed by atoms with Crippen molar-refractivity contribution < 1.29 is 4.79 Å². The smallest absolute Gasteiger partial charge is 0.224 e. The van der Waals surface area contributed by atoms with E-state index >= 15 is 0 Å². The number of nitrogens with zero attached hydrogens (tertiary/aromatic N) is 5. The van der Waals surface area contributed by atoms with Gasteiger partial charge in [0.25, 0.3) is 0 Å². The fraction of sp³-hybridized carbons (Fsp3) is 0.458. The van der Waals surface area contributed by atoms with Crippen LogP contribution in [0, 0.1) is 6.92 Å². The molecule has 1 saturated carbocycles. The summed E-state index contributed by atoms with van der Waals surface area (Å²) in [5, 5.41) is 6.18. The summed E-state index contributed by atoms with van der Waals surface area (Å²) >= 11 is 6.22. The Morgan fingerprint density at radius 2 is 2.00 bits per heavy atom.